The van der Waals surface area contributed by atoms with Crippen LogP contribution in [0, 0.1) is 0 Å². The summed E-state index contributed by atoms with van der Waals surface area (Å²) in [5.41, 5.74) is 2.20. The van der Waals surface area contributed by atoms with Gasteiger partial charge in [-0.1, -0.05) is 75.3 Å². The van der Waals surface area contributed by atoms with Gasteiger partial charge in [0.15, 0.2) is 0 Å². The second-order valence-corrected chi connectivity index (χ2v) is 26.8. The molecule has 1 unspecified atom stereocenters. The maximum absolute atomic E-state index is 6.86. The second kappa shape index (κ2) is 5.53. The average Bonchev–Trinajstić information content (AvgIpc) is 2.36. The van der Waals surface area contributed by atoms with E-state index in [1.165, 1.54) is 0 Å². The average molecular weight is 351 g/mol. The molecule has 0 spiro atoms. The zero-order valence-electron chi connectivity index (χ0n) is 14.1. The lowest BCUT2D eigenvalue weighted by molar-refractivity contribution is 0.879. The lowest BCUT2D eigenvalue weighted by Gasteiger charge is -2.45. The highest BCUT2D eigenvalue weighted by atomic mass is 35.5. The van der Waals surface area contributed by atoms with Gasteiger partial charge in [-0.25, -0.2) is 22.9 Å². The monoisotopic (exact) mass is 350 g/mol. The summed E-state index contributed by atoms with van der Waals surface area (Å²) in [6.07, 6.45) is 0. The highest BCUT2D eigenvalue weighted by Gasteiger charge is 2.63. The summed E-state index contributed by atoms with van der Waals surface area (Å²) in [5, 5.41) is 0. The van der Waals surface area contributed by atoms with Crippen LogP contribution < -0.4 is 0 Å². The van der Waals surface area contributed by atoms with Crippen molar-refractivity contribution in [2.24, 2.45) is 0 Å². The van der Waals surface area contributed by atoms with Crippen molar-refractivity contribution in [1.29, 1.82) is 0 Å². The van der Waals surface area contributed by atoms with Crippen molar-refractivity contribution in [3.63, 3.8) is 0 Å². The first-order chi connectivity index (χ1) is 8.19. The van der Waals surface area contributed by atoms with Crippen LogP contribution in [0.2, 0.25) is 75.3 Å². The molecule has 1 aliphatic heterocycles. The Morgan fingerprint density at radius 3 is 1.00 bits per heavy atom. The van der Waals surface area contributed by atoms with Crippen molar-refractivity contribution in [1.82, 2.24) is 0 Å². The van der Waals surface area contributed by atoms with Gasteiger partial charge in [0, 0.05) is 24.2 Å². The fraction of sp³-hybridized carbons (Fsp3) is 1.00. The molecule has 1 rings (SSSR count). The Hall–Kier alpha value is 1.36. The molecule has 1 aliphatic rings. The molecule has 1 heterocycles. The summed E-state index contributed by atoms with van der Waals surface area (Å²) in [4.78, 5) is 0. The normalized spacial score (nSPS) is 30.2. The van der Waals surface area contributed by atoms with Crippen molar-refractivity contribution < 1.29 is 0 Å². The predicted octanol–water partition coefficient (Wildman–Crippen LogP) is 5.74. The van der Waals surface area contributed by atoms with Crippen LogP contribution in [0.25, 0.3) is 0 Å². The minimum atomic E-state index is -1.28. The topological polar surface area (TPSA) is 0 Å². The van der Waals surface area contributed by atoms with Crippen LogP contribution in [0.5, 0.6) is 0 Å². The highest BCUT2D eigenvalue weighted by Crippen LogP contribution is 2.61. The summed E-state index contributed by atoms with van der Waals surface area (Å²) in [5.74, 6) is 0. The molecular formula is C12H30B2Cl2Si3. The molecule has 1 saturated heterocycles. The van der Waals surface area contributed by atoms with E-state index in [0.717, 1.165) is 5.54 Å². The van der Waals surface area contributed by atoms with Gasteiger partial charge >= 0.3 is 0 Å². The van der Waals surface area contributed by atoms with E-state index in [2.05, 4.69) is 58.9 Å². The Labute approximate surface area is 134 Å². The fourth-order valence-electron chi connectivity index (χ4n) is 4.13. The largest absolute Gasteiger partial charge is 0.238 e. The Kier molecular flexibility index (Phi) is 5.36. The van der Waals surface area contributed by atoms with Gasteiger partial charge in [-0.3, -0.25) is 0 Å². The molecule has 0 saturated carbocycles. The molecule has 19 heavy (non-hydrogen) atoms. The fourth-order valence-corrected chi connectivity index (χ4v) is 21.2. The van der Waals surface area contributed by atoms with E-state index in [9.17, 15) is 0 Å². The van der Waals surface area contributed by atoms with Crippen molar-refractivity contribution in [3.8, 4) is 0 Å². The highest BCUT2D eigenvalue weighted by molar-refractivity contribution is 7.61. The molecule has 7 heteroatoms. The van der Waals surface area contributed by atoms with Crippen LogP contribution in [-0.4, -0.2) is 36.3 Å². The Bertz CT molecular complexity index is 307. The molecule has 1 fully saturated rings. The maximum atomic E-state index is 6.86. The van der Waals surface area contributed by atoms with Gasteiger partial charge in [0.1, 0.15) is 0 Å². The third-order valence-corrected chi connectivity index (χ3v) is 15.2. The molecule has 0 radical (unpaired) electrons. The molecule has 0 aromatic rings. The van der Waals surface area contributed by atoms with E-state index in [-0.39, 0.29) is 12.0 Å². The van der Waals surface area contributed by atoms with Crippen molar-refractivity contribution >= 4 is 59.2 Å². The SMILES string of the molecule is C[Si](C)(C)C1[C@H]([Si](C)(C)C)B(Cl)B(Cl)[C@@H]1[Si](C)(C)C. The summed E-state index contributed by atoms with van der Waals surface area (Å²) in [6.45, 7) is 22.5. The number of halogens is 2. The maximum Gasteiger partial charge on any atom is 0.238 e. The number of hydrogen-bond acceptors (Lipinski definition) is 0. The molecule has 0 amide bonds. The van der Waals surface area contributed by atoms with E-state index in [1.54, 1.807) is 0 Å². The van der Waals surface area contributed by atoms with Gasteiger partial charge in [0.05, 0.1) is 0 Å². The Balaban J connectivity index is 3.34. The third-order valence-electron chi connectivity index (χ3n) is 4.76. The van der Waals surface area contributed by atoms with Gasteiger partial charge in [-0.05, 0) is 0 Å². The Morgan fingerprint density at radius 1 is 0.579 bits per heavy atom. The van der Waals surface area contributed by atoms with E-state index >= 15 is 0 Å². The van der Waals surface area contributed by atoms with E-state index in [0.29, 0.717) is 10.9 Å². The van der Waals surface area contributed by atoms with Gasteiger partial charge < -0.3 is 0 Å². The zero-order chi connectivity index (χ0) is 15.4. The first-order valence-electron chi connectivity index (χ1n) is 7.47. The first-order valence-corrected chi connectivity index (χ1v) is 19.1. The van der Waals surface area contributed by atoms with Crippen LogP contribution in [-0.2, 0) is 0 Å². The zero-order valence-corrected chi connectivity index (χ0v) is 18.7. The quantitative estimate of drug-likeness (QED) is 0.569. The molecule has 0 N–H and O–H groups in total. The van der Waals surface area contributed by atoms with Crippen molar-refractivity contribution in [2.45, 2.75) is 75.3 Å². The standard InChI is InChI=1S/C12H30B2Cl2Si3/c1-17(2,3)10-11(18(4,5)6)13(15)14(16)12(10)19(7,8)9/h10-12H,1-9H3/t10?,11-,12+. The van der Waals surface area contributed by atoms with Crippen LogP contribution >= 0.6 is 22.9 Å². The van der Waals surface area contributed by atoms with Crippen LogP contribution in [0.4, 0.5) is 0 Å². The van der Waals surface area contributed by atoms with Gasteiger partial charge in [0.2, 0.25) is 12.0 Å². The van der Waals surface area contributed by atoms with Crippen LogP contribution in [0.15, 0.2) is 0 Å². The summed E-state index contributed by atoms with van der Waals surface area (Å²) in [6, 6.07) is 0.392. The lowest BCUT2D eigenvalue weighted by Crippen LogP contribution is -2.45. The smallest absolute Gasteiger partial charge is 0.204 e. The van der Waals surface area contributed by atoms with Gasteiger partial charge in [0.25, 0.3) is 0 Å². The second-order valence-electron chi connectivity index (χ2n) is 9.56. The van der Waals surface area contributed by atoms with Crippen molar-refractivity contribution in [3.05, 3.63) is 0 Å². The summed E-state index contributed by atoms with van der Waals surface area (Å²) >= 11 is 13.7. The minimum absolute atomic E-state index is 0.196. The number of rotatable bonds is 3. The van der Waals surface area contributed by atoms with Gasteiger partial charge in [-0.2, -0.15) is 0 Å². The third kappa shape index (κ3) is 3.77. The van der Waals surface area contributed by atoms with Crippen molar-refractivity contribution in [2.75, 3.05) is 0 Å². The molecule has 110 valence electrons. The first kappa shape index (κ1) is 18.4. The molecule has 0 nitrogen and oxygen atoms in total. The molecule has 0 aromatic carbocycles. The van der Waals surface area contributed by atoms with E-state index in [1.807, 2.05) is 0 Å². The van der Waals surface area contributed by atoms with E-state index < -0.39 is 24.2 Å². The Morgan fingerprint density at radius 2 is 0.842 bits per heavy atom. The molecular weight excluding hydrogens is 321 g/mol. The minimum Gasteiger partial charge on any atom is -0.204 e. The molecule has 0 aliphatic carbocycles. The van der Waals surface area contributed by atoms with Gasteiger partial charge in [-0.15, -0.1) is 0 Å². The molecule has 0 aromatic heterocycles. The summed E-state index contributed by atoms with van der Waals surface area (Å²) < 4.78 is 0. The molecule has 3 atom stereocenters. The number of hydrogen-bond donors (Lipinski definition) is 0. The van der Waals surface area contributed by atoms with Crippen LogP contribution in [0.3, 0.4) is 0 Å². The molecule has 0 bridgehead atoms. The lowest BCUT2D eigenvalue weighted by atomic mass is 9.39. The summed E-state index contributed by atoms with van der Waals surface area (Å²) in [7, 11) is -3.82. The predicted molar refractivity (Wildman–Crippen MR) is 105 cm³/mol. The van der Waals surface area contributed by atoms with E-state index in [4.69, 9.17) is 22.9 Å². The van der Waals surface area contributed by atoms with Crippen LogP contribution in [0.1, 0.15) is 0 Å².